The first kappa shape index (κ1) is 17.2. The van der Waals surface area contributed by atoms with Crippen LogP contribution in [0.2, 0.25) is 0 Å². The van der Waals surface area contributed by atoms with E-state index in [1.54, 1.807) is 23.0 Å². The maximum Gasteiger partial charge on any atom is 0.158 e. The minimum Gasteiger partial charge on any atom is -0.495 e. The molecule has 0 unspecified atom stereocenters. The Bertz CT molecular complexity index is 953. The zero-order chi connectivity index (χ0) is 18.4. The van der Waals surface area contributed by atoms with Crippen molar-refractivity contribution in [3.05, 3.63) is 77.2 Å². The first-order valence-corrected chi connectivity index (χ1v) is 8.04. The molecule has 3 rings (SSSR count). The average molecular weight is 346 g/mol. The number of aryl methyl sites for hydroxylation is 1. The Morgan fingerprint density at radius 2 is 2.04 bits per heavy atom. The molecule has 1 aromatic carbocycles. The normalized spacial score (nSPS) is 10.7. The highest BCUT2D eigenvalue weighted by molar-refractivity contribution is 5.78. The second-order valence-electron chi connectivity index (χ2n) is 5.62. The van der Waals surface area contributed by atoms with E-state index in [9.17, 15) is 5.26 Å². The molecule has 0 spiro atoms. The molecule has 0 saturated heterocycles. The highest BCUT2D eigenvalue weighted by atomic mass is 16.6. The molecule has 0 bridgehead atoms. The molecule has 0 aliphatic rings. The molecule has 3 aromatic rings. The van der Waals surface area contributed by atoms with Crippen LogP contribution in [0.25, 0.3) is 5.82 Å². The second-order valence-corrected chi connectivity index (χ2v) is 5.62. The quantitative estimate of drug-likeness (QED) is 0.505. The van der Waals surface area contributed by atoms with Gasteiger partial charge >= 0.3 is 0 Å². The van der Waals surface area contributed by atoms with Crippen molar-refractivity contribution in [2.24, 2.45) is 5.16 Å². The van der Waals surface area contributed by atoms with Crippen LogP contribution in [-0.2, 0) is 11.4 Å². The number of pyridine rings is 1. The fourth-order valence-electron chi connectivity index (χ4n) is 2.47. The number of aromatic nitrogens is 2. The Hall–Kier alpha value is -3.59. The van der Waals surface area contributed by atoms with Crippen LogP contribution in [0.1, 0.15) is 22.4 Å². The number of oxime groups is 1. The number of hydrogen-bond acceptors (Lipinski definition) is 5. The molecule has 0 atom stereocenters. The van der Waals surface area contributed by atoms with Gasteiger partial charge in [0, 0.05) is 12.4 Å². The van der Waals surface area contributed by atoms with Gasteiger partial charge in [-0.25, -0.2) is 4.98 Å². The molecule has 6 heteroatoms. The van der Waals surface area contributed by atoms with Crippen LogP contribution in [0.4, 0.5) is 0 Å². The van der Waals surface area contributed by atoms with E-state index in [1.807, 2.05) is 49.5 Å². The van der Waals surface area contributed by atoms with Crippen LogP contribution >= 0.6 is 0 Å². The molecule has 26 heavy (non-hydrogen) atoms. The third-order valence-electron chi connectivity index (χ3n) is 3.84. The Balaban J connectivity index is 1.77. The third-order valence-corrected chi connectivity index (χ3v) is 3.84. The minimum atomic E-state index is 0.362. The molecule has 0 amide bonds. The molecule has 2 aromatic heterocycles. The fraction of sp³-hybridized carbons (Fsp3) is 0.150. The van der Waals surface area contributed by atoms with Gasteiger partial charge in [-0.3, -0.25) is 4.57 Å². The van der Waals surface area contributed by atoms with Gasteiger partial charge in [0.2, 0.25) is 0 Å². The molecular weight excluding hydrogens is 328 g/mol. The van der Waals surface area contributed by atoms with E-state index in [-0.39, 0.29) is 0 Å². The van der Waals surface area contributed by atoms with Crippen molar-refractivity contribution in [2.45, 2.75) is 13.5 Å². The maximum atomic E-state index is 9.44. The lowest BCUT2D eigenvalue weighted by Gasteiger charge is -2.10. The van der Waals surface area contributed by atoms with Gasteiger partial charge < -0.3 is 9.57 Å². The highest BCUT2D eigenvalue weighted by Crippen LogP contribution is 2.23. The van der Waals surface area contributed by atoms with Crippen LogP contribution < -0.4 is 4.74 Å². The number of nitriles is 1. The summed E-state index contributed by atoms with van der Waals surface area (Å²) in [5, 5.41) is 13.5. The van der Waals surface area contributed by atoms with Crippen molar-refractivity contribution in [3.8, 4) is 17.6 Å². The lowest BCUT2D eigenvalue weighted by Crippen LogP contribution is -2.05. The smallest absolute Gasteiger partial charge is 0.158 e. The summed E-state index contributed by atoms with van der Waals surface area (Å²) in [5.74, 6) is 0.960. The molecule has 0 N–H and O–H groups in total. The van der Waals surface area contributed by atoms with Crippen molar-refractivity contribution in [1.29, 1.82) is 5.26 Å². The molecule has 0 aliphatic heterocycles. The van der Waals surface area contributed by atoms with Crippen molar-refractivity contribution in [1.82, 2.24) is 9.55 Å². The van der Waals surface area contributed by atoms with Crippen LogP contribution in [0.5, 0.6) is 5.75 Å². The van der Waals surface area contributed by atoms with Gasteiger partial charge in [0.15, 0.2) is 5.82 Å². The maximum absolute atomic E-state index is 9.44. The molecule has 0 saturated carbocycles. The summed E-state index contributed by atoms with van der Waals surface area (Å²) in [6.07, 6.45) is 5.00. The largest absolute Gasteiger partial charge is 0.495 e. The third kappa shape index (κ3) is 3.73. The van der Waals surface area contributed by atoms with E-state index in [2.05, 4.69) is 16.2 Å². The molecule has 0 aliphatic carbocycles. The standard InChI is InChI=1S/C20H18N4O2/c1-15-5-7-16(8-6-15)14-26-23-13-17-4-3-11-24(17)20-18(12-21)19(25-2)9-10-22-20/h3-11,13H,14H2,1-2H3/b23-13+. The van der Waals surface area contributed by atoms with E-state index >= 15 is 0 Å². The molecular formula is C20H18N4O2. The van der Waals surface area contributed by atoms with Crippen molar-refractivity contribution in [3.63, 3.8) is 0 Å². The molecule has 6 nitrogen and oxygen atoms in total. The average Bonchev–Trinajstić information content (AvgIpc) is 3.14. The van der Waals surface area contributed by atoms with E-state index in [4.69, 9.17) is 9.57 Å². The number of methoxy groups -OCH3 is 1. The van der Waals surface area contributed by atoms with Gasteiger partial charge in [-0.2, -0.15) is 5.26 Å². The first-order valence-electron chi connectivity index (χ1n) is 8.04. The Morgan fingerprint density at radius 3 is 2.77 bits per heavy atom. The Labute approximate surface area is 151 Å². The summed E-state index contributed by atoms with van der Waals surface area (Å²) >= 11 is 0. The zero-order valence-electron chi connectivity index (χ0n) is 14.6. The summed E-state index contributed by atoms with van der Waals surface area (Å²) in [6.45, 7) is 2.43. The van der Waals surface area contributed by atoms with Crippen LogP contribution in [0.3, 0.4) is 0 Å². The van der Waals surface area contributed by atoms with Crippen molar-refractivity contribution < 1.29 is 9.57 Å². The topological polar surface area (TPSA) is 72.4 Å². The predicted octanol–water partition coefficient (Wildman–Crippen LogP) is 3.61. The molecule has 2 heterocycles. The number of benzene rings is 1. The fourth-order valence-corrected chi connectivity index (χ4v) is 2.47. The van der Waals surface area contributed by atoms with Gasteiger partial charge in [0.1, 0.15) is 24.0 Å². The van der Waals surface area contributed by atoms with Gasteiger partial charge in [0.05, 0.1) is 19.0 Å². The second kappa shape index (κ2) is 7.99. The summed E-state index contributed by atoms with van der Waals surface area (Å²) in [4.78, 5) is 9.67. The first-order chi connectivity index (χ1) is 12.7. The Kier molecular flexibility index (Phi) is 5.30. The number of nitrogens with zero attached hydrogens (tertiary/aromatic N) is 4. The number of ether oxygens (including phenoxy) is 1. The van der Waals surface area contributed by atoms with Crippen molar-refractivity contribution in [2.75, 3.05) is 7.11 Å². The predicted molar refractivity (Wildman–Crippen MR) is 98.4 cm³/mol. The van der Waals surface area contributed by atoms with Gasteiger partial charge in [-0.05, 0) is 30.7 Å². The lowest BCUT2D eigenvalue weighted by atomic mass is 10.2. The summed E-state index contributed by atoms with van der Waals surface area (Å²) in [5.41, 5.74) is 3.35. The van der Waals surface area contributed by atoms with E-state index < -0.39 is 0 Å². The summed E-state index contributed by atoms with van der Waals surface area (Å²) < 4.78 is 7.00. The Morgan fingerprint density at radius 1 is 1.23 bits per heavy atom. The molecule has 130 valence electrons. The number of rotatable bonds is 6. The molecule has 0 fully saturated rings. The van der Waals surface area contributed by atoms with Gasteiger partial charge in [-0.1, -0.05) is 35.0 Å². The number of hydrogen-bond donors (Lipinski definition) is 0. The lowest BCUT2D eigenvalue weighted by molar-refractivity contribution is 0.132. The van der Waals surface area contributed by atoms with Gasteiger partial charge in [-0.15, -0.1) is 0 Å². The minimum absolute atomic E-state index is 0.362. The summed E-state index contributed by atoms with van der Waals surface area (Å²) in [7, 11) is 1.52. The van der Waals surface area contributed by atoms with Crippen LogP contribution in [0, 0.1) is 18.3 Å². The van der Waals surface area contributed by atoms with Crippen LogP contribution in [0.15, 0.2) is 60.0 Å². The van der Waals surface area contributed by atoms with Crippen LogP contribution in [-0.4, -0.2) is 22.9 Å². The van der Waals surface area contributed by atoms with E-state index in [0.29, 0.717) is 23.7 Å². The van der Waals surface area contributed by atoms with Gasteiger partial charge in [0.25, 0.3) is 0 Å². The summed E-state index contributed by atoms with van der Waals surface area (Å²) in [6, 6.07) is 15.6. The van der Waals surface area contributed by atoms with E-state index in [1.165, 1.54) is 12.7 Å². The highest BCUT2D eigenvalue weighted by Gasteiger charge is 2.13. The van der Waals surface area contributed by atoms with Crippen molar-refractivity contribution >= 4 is 6.21 Å². The zero-order valence-corrected chi connectivity index (χ0v) is 14.6. The monoisotopic (exact) mass is 346 g/mol. The SMILES string of the molecule is COc1ccnc(-n2cccc2/C=N/OCc2ccc(C)cc2)c1C#N. The van der Waals surface area contributed by atoms with E-state index in [0.717, 1.165) is 11.3 Å². The molecule has 0 radical (unpaired) electrons.